The van der Waals surface area contributed by atoms with E-state index in [0.717, 1.165) is 44.0 Å². The molecule has 0 fully saturated rings. The fourth-order valence-corrected chi connectivity index (χ4v) is 6.04. The predicted molar refractivity (Wildman–Crippen MR) is 151 cm³/mol. The van der Waals surface area contributed by atoms with E-state index in [4.69, 9.17) is 4.42 Å². The van der Waals surface area contributed by atoms with Crippen LogP contribution >= 0.6 is 0 Å². The smallest absolute Gasteiger partial charge is 0.375 e. The zero-order chi connectivity index (χ0) is 27.3. The molecule has 0 saturated carbocycles. The Morgan fingerprint density at radius 3 is 2.13 bits per heavy atom. The lowest BCUT2D eigenvalue weighted by Gasteiger charge is -2.26. The van der Waals surface area contributed by atoms with E-state index in [-0.39, 0.29) is 25.9 Å². The quantitative estimate of drug-likeness (QED) is 0.198. The minimum Gasteiger partial charge on any atom is -0.481 e. The van der Waals surface area contributed by atoms with Crippen LogP contribution in [0, 0.1) is 0 Å². The first kappa shape index (κ1) is 24.7. The van der Waals surface area contributed by atoms with Crippen molar-refractivity contribution >= 4 is 56.3 Å². The van der Waals surface area contributed by atoms with Crippen molar-refractivity contribution in [1.29, 1.82) is 0 Å². The van der Waals surface area contributed by atoms with Crippen LogP contribution in [-0.4, -0.2) is 28.7 Å². The van der Waals surface area contributed by atoms with Crippen molar-refractivity contribution in [1.82, 2.24) is 0 Å². The van der Waals surface area contributed by atoms with E-state index in [9.17, 15) is 19.8 Å². The number of para-hydroxylation sites is 2. The maximum atomic E-state index is 11.8. The Kier molecular flexibility index (Phi) is 5.87. The van der Waals surface area contributed by atoms with Crippen LogP contribution in [0.4, 0.5) is 5.69 Å². The Morgan fingerprint density at radius 1 is 0.846 bits per heavy atom. The van der Waals surface area contributed by atoms with Gasteiger partial charge in [-0.15, -0.1) is 0 Å². The van der Waals surface area contributed by atoms with E-state index in [1.807, 2.05) is 59.2 Å². The highest BCUT2D eigenvalue weighted by atomic mass is 16.4. The Balaban J connectivity index is 1.64. The number of nitrogens with zero attached hydrogens (tertiary/aromatic N) is 2. The standard InChI is InChI=1S/C32H28N2O5/c1-32(2)26(19-27-33(17-15-28(35)36)24-13-7-8-14-25(24)39-27)34(18-16-29(37)38)31-23-12-6-4-10-21(23)20-9-3-5-11-22(20)30(31)32/h3-14,19H,15-18H2,1-2H3,(H-,35,36,37,38)/p+1. The van der Waals surface area contributed by atoms with Gasteiger partial charge >= 0.3 is 17.8 Å². The molecule has 1 aliphatic heterocycles. The summed E-state index contributed by atoms with van der Waals surface area (Å²) in [6, 6.07) is 24.2. The lowest BCUT2D eigenvalue weighted by molar-refractivity contribution is -0.677. The first-order valence-corrected chi connectivity index (χ1v) is 13.1. The molecule has 6 rings (SSSR count). The normalized spacial score (nSPS) is 15.4. The summed E-state index contributed by atoms with van der Waals surface area (Å²) in [5, 5.41) is 23.5. The number of carbonyl (C=O) groups is 2. The molecule has 0 bridgehead atoms. The van der Waals surface area contributed by atoms with Crippen molar-refractivity contribution < 1.29 is 28.8 Å². The largest absolute Gasteiger partial charge is 0.481 e. The monoisotopic (exact) mass is 521 g/mol. The number of rotatable bonds is 7. The van der Waals surface area contributed by atoms with Gasteiger partial charge in [-0.2, -0.15) is 4.57 Å². The van der Waals surface area contributed by atoms with Gasteiger partial charge in [0.2, 0.25) is 5.58 Å². The van der Waals surface area contributed by atoms with E-state index in [1.165, 1.54) is 0 Å². The van der Waals surface area contributed by atoms with Gasteiger partial charge in [0.05, 0.1) is 18.2 Å². The Hall–Kier alpha value is -4.65. The number of aliphatic carboxylic acids is 2. The molecular formula is C32H29N2O5+. The first-order chi connectivity index (χ1) is 18.8. The van der Waals surface area contributed by atoms with E-state index >= 15 is 0 Å². The highest BCUT2D eigenvalue weighted by Crippen LogP contribution is 2.54. The van der Waals surface area contributed by atoms with E-state index in [1.54, 1.807) is 0 Å². The van der Waals surface area contributed by atoms with E-state index < -0.39 is 17.4 Å². The second-order valence-electron chi connectivity index (χ2n) is 10.5. The van der Waals surface area contributed by atoms with Gasteiger partial charge in [0.1, 0.15) is 6.42 Å². The molecule has 5 aromatic rings. The van der Waals surface area contributed by atoms with Crippen LogP contribution in [-0.2, 0) is 21.5 Å². The summed E-state index contributed by atoms with van der Waals surface area (Å²) < 4.78 is 8.18. The molecule has 0 unspecified atom stereocenters. The molecule has 0 spiro atoms. The summed E-state index contributed by atoms with van der Waals surface area (Å²) in [4.78, 5) is 25.3. The number of fused-ring (bicyclic) bond motifs is 7. The van der Waals surface area contributed by atoms with Crippen LogP contribution in [0.15, 0.2) is 82.9 Å². The van der Waals surface area contributed by atoms with Crippen LogP contribution in [0.2, 0.25) is 0 Å². The highest BCUT2D eigenvalue weighted by Gasteiger charge is 2.44. The summed E-state index contributed by atoms with van der Waals surface area (Å²) in [7, 11) is 0. The number of carboxylic acids is 2. The fraction of sp³-hybridized carbons (Fsp3) is 0.219. The predicted octanol–water partition coefficient (Wildman–Crippen LogP) is 6.11. The first-order valence-electron chi connectivity index (χ1n) is 13.1. The molecule has 1 aromatic heterocycles. The number of carboxylic acid groups (broad SMARTS) is 2. The summed E-state index contributed by atoms with van der Waals surface area (Å²) in [5.74, 6) is -1.23. The SMILES string of the molecule is CC1(C)C(=Cc2oc3ccccc3[n+]2CCC(=O)O)N(CCC(=O)O)c2c1c1ccccc1c1ccccc21. The van der Waals surface area contributed by atoms with Crippen molar-refractivity contribution in [2.75, 3.05) is 11.4 Å². The lowest BCUT2D eigenvalue weighted by Crippen LogP contribution is -2.37. The topological polar surface area (TPSA) is 94.9 Å². The van der Waals surface area contributed by atoms with Gasteiger partial charge in [-0.25, -0.2) is 0 Å². The number of anilines is 1. The van der Waals surface area contributed by atoms with Gasteiger partial charge in [0.25, 0.3) is 5.52 Å². The van der Waals surface area contributed by atoms with Crippen molar-refractivity contribution in [3.8, 4) is 0 Å². The number of hydrogen-bond acceptors (Lipinski definition) is 4. The molecule has 196 valence electrons. The maximum absolute atomic E-state index is 11.8. The number of benzene rings is 4. The molecule has 2 N–H and O–H groups in total. The van der Waals surface area contributed by atoms with Crippen LogP contribution < -0.4 is 9.47 Å². The van der Waals surface area contributed by atoms with Crippen molar-refractivity contribution in [3.63, 3.8) is 0 Å². The zero-order valence-electron chi connectivity index (χ0n) is 21.8. The summed E-state index contributed by atoms with van der Waals surface area (Å²) in [5.41, 5.74) is 4.03. The third kappa shape index (κ3) is 4.02. The molecule has 7 heteroatoms. The second-order valence-corrected chi connectivity index (χ2v) is 10.5. The third-order valence-corrected chi connectivity index (χ3v) is 7.73. The van der Waals surface area contributed by atoms with Gasteiger partial charge < -0.3 is 19.5 Å². The maximum Gasteiger partial charge on any atom is 0.375 e. The molecule has 7 nitrogen and oxygen atoms in total. The molecule has 0 amide bonds. The minimum atomic E-state index is -0.888. The molecular weight excluding hydrogens is 492 g/mol. The van der Waals surface area contributed by atoms with Gasteiger partial charge in [0, 0.05) is 29.1 Å². The number of aromatic nitrogens is 1. The Morgan fingerprint density at radius 2 is 1.44 bits per heavy atom. The zero-order valence-corrected chi connectivity index (χ0v) is 21.8. The molecule has 0 saturated heterocycles. The molecule has 0 atom stereocenters. The molecule has 0 radical (unpaired) electrons. The molecule has 1 aliphatic rings. The number of hydrogen-bond donors (Lipinski definition) is 2. The van der Waals surface area contributed by atoms with Crippen molar-refractivity contribution in [3.05, 3.63) is 89.9 Å². The van der Waals surface area contributed by atoms with E-state index in [2.05, 4.69) is 43.0 Å². The minimum absolute atomic E-state index is 0.0346. The van der Waals surface area contributed by atoms with Crippen molar-refractivity contribution in [2.24, 2.45) is 0 Å². The fourth-order valence-electron chi connectivity index (χ4n) is 6.04. The van der Waals surface area contributed by atoms with Gasteiger partial charge in [-0.1, -0.05) is 74.5 Å². The van der Waals surface area contributed by atoms with Crippen molar-refractivity contribution in [2.45, 2.75) is 38.6 Å². The summed E-state index contributed by atoms with van der Waals surface area (Å²) >= 11 is 0. The highest BCUT2D eigenvalue weighted by molar-refractivity contribution is 6.17. The summed E-state index contributed by atoms with van der Waals surface area (Å²) in [6.07, 6.45) is 1.88. The summed E-state index contributed by atoms with van der Waals surface area (Å²) in [6.45, 7) is 4.85. The van der Waals surface area contributed by atoms with E-state index in [0.29, 0.717) is 11.5 Å². The third-order valence-electron chi connectivity index (χ3n) is 7.73. The number of oxazole rings is 1. The molecule has 39 heavy (non-hydrogen) atoms. The van der Waals surface area contributed by atoms with Crippen LogP contribution in [0.3, 0.4) is 0 Å². The second kappa shape index (κ2) is 9.27. The molecule has 2 heterocycles. The lowest BCUT2D eigenvalue weighted by atomic mass is 9.80. The Labute approximate surface area is 225 Å². The van der Waals surface area contributed by atoms with Gasteiger partial charge in [0.15, 0.2) is 6.54 Å². The number of aryl methyl sites for hydroxylation is 1. The van der Waals surface area contributed by atoms with Crippen LogP contribution in [0.25, 0.3) is 38.7 Å². The van der Waals surface area contributed by atoms with Gasteiger partial charge in [-0.05, 0) is 27.8 Å². The van der Waals surface area contributed by atoms with Crippen LogP contribution in [0.5, 0.6) is 0 Å². The molecule has 4 aromatic carbocycles. The Bertz CT molecular complexity index is 1810. The number of allylic oxidation sites excluding steroid dienone is 1. The van der Waals surface area contributed by atoms with Gasteiger partial charge in [-0.3, -0.25) is 9.59 Å². The van der Waals surface area contributed by atoms with Crippen LogP contribution in [0.1, 0.15) is 38.1 Å². The molecule has 0 aliphatic carbocycles. The average Bonchev–Trinajstić information content (AvgIpc) is 3.38. The average molecular weight is 522 g/mol.